The number of carbonyl (C=O) groups excluding carboxylic acids is 2. The monoisotopic (exact) mass is 464 g/mol. The first-order valence-electron chi connectivity index (χ1n) is 9.53. The molecule has 32 heavy (non-hydrogen) atoms. The van der Waals surface area contributed by atoms with Crippen LogP contribution in [0.4, 0.5) is 0 Å². The van der Waals surface area contributed by atoms with Crippen LogP contribution in [0.3, 0.4) is 0 Å². The lowest BCUT2D eigenvalue weighted by Gasteiger charge is -2.07. The number of amides is 1. The molecule has 1 aromatic heterocycles. The molecule has 0 radical (unpaired) electrons. The Bertz CT molecular complexity index is 1330. The summed E-state index contributed by atoms with van der Waals surface area (Å²) >= 11 is 7.66. The third-order valence-corrected chi connectivity index (χ3v) is 6.22. The number of benzene rings is 3. The summed E-state index contributed by atoms with van der Waals surface area (Å²) in [4.78, 5) is 25.5. The number of ether oxygens (including phenoxy) is 2. The Morgan fingerprint density at radius 3 is 2.44 bits per heavy atom. The summed E-state index contributed by atoms with van der Waals surface area (Å²) in [5.74, 6) is -0.253. The molecule has 0 spiro atoms. The molecule has 4 aromatic rings. The second-order valence-electron chi connectivity index (χ2n) is 6.57. The Labute approximate surface area is 193 Å². The predicted molar refractivity (Wildman–Crippen MR) is 126 cm³/mol. The van der Waals surface area contributed by atoms with Gasteiger partial charge in [-0.3, -0.25) is 4.79 Å². The average Bonchev–Trinajstić information content (AvgIpc) is 3.17. The van der Waals surface area contributed by atoms with E-state index in [9.17, 15) is 9.59 Å². The number of carbonyl (C=O) groups is 2. The second-order valence-corrected chi connectivity index (χ2v) is 8.00. The molecule has 0 aliphatic carbocycles. The number of hydrogen-bond acceptors (Lipinski definition) is 6. The molecule has 0 atom stereocenters. The zero-order chi connectivity index (χ0) is 22.5. The van der Waals surface area contributed by atoms with E-state index >= 15 is 0 Å². The zero-order valence-corrected chi connectivity index (χ0v) is 18.4. The molecule has 0 saturated carbocycles. The van der Waals surface area contributed by atoms with Crippen LogP contribution in [0, 0.1) is 0 Å². The van der Waals surface area contributed by atoms with Crippen molar-refractivity contribution in [2.75, 3.05) is 7.11 Å². The summed E-state index contributed by atoms with van der Waals surface area (Å²) < 4.78 is 11.7. The summed E-state index contributed by atoms with van der Waals surface area (Å²) in [6.45, 7) is 0. The molecule has 0 fully saturated rings. The zero-order valence-electron chi connectivity index (χ0n) is 16.9. The fourth-order valence-corrected chi connectivity index (χ4v) is 4.41. The topological polar surface area (TPSA) is 77.0 Å². The van der Waals surface area contributed by atoms with Crippen molar-refractivity contribution in [1.29, 1.82) is 0 Å². The Kier molecular flexibility index (Phi) is 6.49. The lowest BCUT2D eigenvalue weighted by atomic mass is 10.2. The van der Waals surface area contributed by atoms with E-state index in [2.05, 4.69) is 10.5 Å². The van der Waals surface area contributed by atoms with E-state index in [0.29, 0.717) is 32.5 Å². The molecule has 4 rings (SSSR count). The Hall–Kier alpha value is -3.68. The van der Waals surface area contributed by atoms with E-state index in [0.717, 1.165) is 10.1 Å². The SMILES string of the molecule is COc1ccccc1C(=O)N/N=C/c1ccccc1OC(=O)c1sc2ccccc2c1Cl. The van der Waals surface area contributed by atoms with Gasteiger partial charge in [0.15, 0.2) is 0 Å². The van der Waals surface area contributed by atoms with Gasteiger partial charge < -0.3 is 9.47 Å². The maximum Gasteiger partial charge on any atom is 0.355 e. The van der Waals surface area contributed by atoms with Crippen molar-refractivity contribution in [2.24, 2.45) is 5.10 Å². The van der Waals surface area contributed by atoms with Crippen molar-refractivity contribution in [1.82, 2.24) is 5.43 Å². The summed E-state index contributed by atoms with van der Waals surface area (Å²) in [5.41, 5.74) is 3.32. The summed E-state index contributed by atoms with van der Waals surface area (Å²) in [6, 6.07) is 21.2. The maximum absolute atomic E-state index is 12.8. The molecule has 1 amide bonds. The number of hydrazone groups is 1. The van der Waals surface area contributed by atoms with Crippen molar-refractivity contribution in [3.05, 3.63) is 93.8 Å². The number of para-hydroxylation sites is 2. The molecular weight excluding hydrogens is 448 g/mol. The van der Waals surface area contributed by atoms with Crippen molar-refractivity contribution < 1.29 is 19.1 Å². The molecule has 6 nitrogen and oxygen atoms in total. The maximum atomic E-state index is 12.8. The standard InChI is InChI=1S/C24H17ClN2O4S/c1-30-19-12-6-3-9-16(19)23(28)27-26-14-15-8-2-5-11-18(15)31-24(29)22-21(25)17-10-4-7-13-20(17)32-22/h2-14H,1H3,(H,27,28)/b26-14+. The Morgan fingerprint density at radius 2 is 1.66 bits per heavy atom. The highest BCUT2D eigenvalue weighted by atomic mass is 35.5. The lowest BCUT2D eigenvalue weighted by molar-refractivity contribution is 0.0739. The molecule has 8 heteroatoms. The Balaban J connectivity index is 1.51. The quantitative estimate of drug-likeness (QED) is 0.176. The summed E-state index contributed by atoms with van der Waals surface area (Å²) in [5, 5.41) is 5.16. The lowest BCUT2D eigenvalue weighted by Crippen LogP contribution is -2.18. The third kappa shape index (κ3) is 4.49. The molecule has 1 heterocycles. The molecular formula is C24H17ClN2O4S. The van der Waals surface area contributed by atoms with Crippen molar-refractivity contribution >= 4 is 51.1 Å². The largest absolute Gasteiger partial charge is 0.496 e. The fraction of sp³-hybridized carbons (Fsp3) is 0.0417. The van der Waals surface area contributed by atoms with E-state index in [1.54, 1.807) is 48.5 Å². The van der Waals surface area contributed by atoms with Crippen LogP contribution in [-0.4, -0.2) is 25.2 Å². The number of hydrogen-bond donors (Lipinski definition) is 1. The van der Waals surface area contributed by atoms with Gasteiger partial charge in [0, 0.05) is 15.6 Å². The minimum absolute atomic E-state index is 0.293. The number of thiophene rings is 1. The first-order valence-corrected chi connectivity index (χ1v) is 10.7. The number of halogens is 1. The summed E-state index contributed by atoms with van der Waals surface area (Å²) in [6.07, 6.45) is 1.41. The first kappa shape index (κ1) is 21.5. The van der Waals surface area contributed by atoms with Crippen molar-refractivity contribution in [2.45, 2.75) is 0 Å². The first-order chi connectivity index (χ1) is 15.6. The fourth-order valence-electron chi connectivity index (χ4n) is 3.02. The molecule has 0 saturated heterocycles. The second kappa shape index (κ2) is 9.64. The molecule has 0 aliphatic rings. The smallest absolute Gasteiger partial charge is 0.355 e. The van der Waals surface area contributed by atoms with Gasteiger partial charge in [-0.25, -0.2) is 10.2 Å². The highest BCUT2D eigenvalue weighted by Crippen LogP contribution is 2.36. The highest BCUT2D eigenvalue weighted by molar-refractivity contribution is 7.21. The van der Waals surface area contributed by atoms with Gasteiger partial charge in [0.25, 0.3) is 5.91 Å². The van der Waals surface area contributed by atoms with Crippen LogP contribution in [0.5, 0.6) is 11.5 Å². The van der Waals surface area contributed by atoms with Gasteiger partial charge in [0.05, 0.1) is 23.9 Å². The van der Waals surface area contributed by atoms with Crippen LogP contribution in [0.1, 0.15) is 25.6 Å². The minimum Gasteiger partial charge on any atom is -0.496 e. The molecule has 1 N–H and O–H groups in total. The van der Waals surface area contributed by atoms with Gasteiger partial charge in [-0.1, -0.05) is 54.1 Å². The van der Waals surface area contributed by atoms with E-state index in [1.807, 2.05) is 24.3 Å². The number of nitrogens with one attached hydrogen (secondary N) is 1. The molecule has 0 unspecified atom stereocenters. The normalized spacial score (nSPS) is 10.9. The van der Waals surface area contributed by atoms with Crippen LogP contribution < -0.4 is 14.9 Å². The molecule has 0 bridgehead atoms. The van der Waals surface area contributed by atoms with Gasteiger partial charge in [-0.2, -0.15) is 5.10 Å². The number of esters is 1. The molecule has 160 valence electrons. The van der Waals surface area contributed by atoms with E-state index in [4.69, 9.17) is 21.1 Å². The van der Waals surface area contributed by atoms with Gasteiger partial charge >= 0.3 is 5.97 Å². The number of nitrogens with zero attached hydrogens (tertiary/aromatic N) is 1. The highest BCUT2D eigenvalue weighted by Gasteiger charge is 2.19. The Morgan fingerprint density at radius 1 is 0.969 bits per heavy atom. The van der Waals surface area contributed by atoms with E-state index < -0.39 is 11.9 Å². The minimum atomic E-state index is -0.560. The third-order valence-electron chi connectivity index (χ3n) is 4.56. The van der Waals surface area contributed by atoms with E-state index in [-0.39, 0.29) is 0 Å². The summed E-state index contributed by atoms with van der Waals surface area (Å²) in [7, 11) is 1.49. The van der Waals surface area contributed by atoms with Crippen LogP contribution >= 0.6 is 22.9 Å². The van der Waals surface area contributed by atoms with Gasteiger partial charge in [-0.15, -0.1) is 11.3 Å². The van der Waals surface area contributed by atoms with Crippen LogP contribution in [-0.2, 0) is 0 Å². The number of methoxy groups -OCH3 is 1. The van der Waals surface area contributed by atoms with Gasteiger partial charge in [0.1, 0.15) is 16.4 Å². The molecule has 0 aliphatic heterocycles. The van der Waals surface area contributed by atoms with Crippen LogP contribution in [0.15, 0.2) is 77.9 Å². The number of rotatable bonds is 6. The molecule has 3 aromatic carbocycles. The van der Waals surface area contributed by atoms with E-state index in [1.165, 1.54) is 24.7 Å². The van der Waals surface area contributed by atoms with Gasteiger partial charge in [-0.05, 0) is 30.3 Å². The van der Waals surface area contributed by atoms with Crippen molar-refractivity contribution in [3.63, 3.8) is 0 Å². The average molecular weight is 465 g/mol. The van der Waals surface area contributed by atoms with Crippen molar-refractivity contribution in [3.8, 4) is 11.5 Å². The van der Waals surface area contributed by atoms with Crippen LogP contribution in [0.25, 0.3) is 10.1 Å². The van der Waals surface area contributed by atoms with Crippen LogP contribution in [0.2, 0.25) is 5.02 Å². The predicted octanol–water partition coefficient (Wildman–Crippen LogP) is 5.55. The van der Waals surface area contributed by atoms with Gasteiger partial charge in [0.2, 0.25) is 0 Å². The number of fused-ring (bicyclic) bond motifs is 1.